The molecular weight excluding hydrogens is 436 g/mol. The molecule has 2 aromatic carbocycles. The van der Waals surface area contributed by atoms with Crippen LogP contribution in [0, 0.1) is 0 Å². The Hall–Kier alpha value is -3.30. The number of hydrogen-bond donors (Lipinski definition) is 2. The summed E-state index contributed by atoms with van der Waals surface area (Å²) in [6, 6.07) is 9.83. The predicted molar refractivity (Wildman–Crippen MR) is 124 cm³/mol. The maximum Gasteiger partial charge on any atom is 0.285 e. The lowest BCUT2D eigenvalue weighted by Gasteiger charge is -2.15. The van der Waals surface area contributed by atoms with E-state index in [0.29, 0.717) is 33.8 Å². The normalized spacial score (nSPS) is 14.6. The van der Waals surface area contributed by atoms with Crippen LogP contribution < -0.4 is 14.9 Å². The van der Waals surface area contributed by atoms with Crippen LogP contribution in [0.2, 0.25) is 0 Å². The maximum absolute atomic E-state index is 12.8. The number of amides is 2. The molecule has 3 rings (SSSR count). The maximum atomic E-state index is 12.8. The zero-order valence-corrected chi connectivity index (χ0v) is 18.5. The van der Waals surface area contributed by atoms with Gasteiger partial charge in [-0.1, -0.05) is 17.8 Å². The fourth-order valence-corrected chi connectivity index (χ4v) is 4.04. The number of phenolic OH excluding ortho intramolecular Hbond substituents is 1. The van der Waals surface area contributed by atoms with E-state index < -0.39 is 11.8 Å². The summed E-state index contributed by atoms with van der Waals surface area (Å²) >= 11 is 6.34. The predicted octanol–water partition coefficient (Wildman–Crippen LogP) is 3.68. The molecule has 0 bridgehead atoms. The lowest BCUT2D eigenvalue weighted by atomic mass is 10.1. The van der Waals surface area contributed by atoms with E-state index in [0.717, 1.165) is 16.8 Å². The molecule has 7 nitrogen and oxygen atoms in total. The van der Waals surface area contributed by atoms with E-state index in [1.54, 1.807) is 48.6 Å². The smallest absolute Gasteiger partial charge is 0.285 e. The standard InChI is InChI=1S/C22H20N2O5S2/c1-4-5-15-10-13(11-17(29-3)19(15)25)12-18-21(27)24(22(30)31-18)23-20(26)14-6-8-16(28-2)9-7-14/h4,6-12,25H,1,5H2,2-3H3,(H,23,26)/b18-12-. The zero-order valence-electron chi connectivity index (χ0n) is 16.9. The second-order valence-electron chi connectivity index (χ2n) is 6.41. The number of thioether (sulfide) groups is 1. The summed E-state index contributed by atoms with van der Waals surface area (Å²) in [5.74, 6) is 0.00642. The van der Waals surface area contributed by atoms with Gasteiger partial charge in [0.1, 0.15) is 5.75 Å². The van der Waals surface area contributed by atoms with Crippen molar-refractivity contribution >= 4 is 46.2 Å². The number of nitrogens with zero attached hydrogens (tertiary/aromatic N) is 1. The summed E-state index contributed by atoms with van der Waals surface area (Å²) in [5.41, 5.74) is 4.15. The fraction of sp³-hybridized carbons (Fsp3) is 0.136. The highest BCUT2D eigenvalue weighted by atomic mass is 32.2. The molecule has 2 amide bonds. The van der Waals surface area contributed by atoms with Gasteiger partial charge in [0.15, 0.2) is 15.8 Å². The summed E-state index contributed by atoms with van der Waals surface area (Å²) in [5, 5.41) is 11.3. The molecule has 2 N–H and O–H groups in total. The number of hydrogen-bond acceptors (Lipinski definition) is 7. The molecule has 1 heterocycles. The first-order valence-corrected chi connectivity index (χ1v) is 10.3. The van der Waals surface area contributed by atoms with Gasteiger partial charge in [-0.15, -0.1) is 6.58 Å². The van der Waals surface area contributed by atoms with Crippen molar-refractivity contribution in [3.8, 4) is 17.2 Å². The van der Waals surface area contributed by atoms with E-state index in [-0.39, 0.29) is 15.8 Å². The second-order valence-corrected chi connectivity index (χ2v) is 8.09. The number of allylic oxidation sites excluding steroid dienone is 1. The van der Waals surface area contributed by atoms with Gasteiger partial charge in [-0.25, -0.2) is 0 Å². The molecule has 0 saturated carbocycles. The van der Waals surface area contributed by atoms with Gasteiger partial charge in [0.2, 0.25) is 0 Å². The van der Waals surface area contributed by atoms with E-state index in [2.05, 4.69) is 12.0 Å². The molecule has 0 atom stereocenters. The van der Waals surface area contributed by atoms with Crippen molar-refractivity contribution in [3.63, 3.8) is 0 Å². The molecule has 31 heavy (non-hydrogen) atoms. The number of carbonyl (C=O) groups is 2. The Kier molecular flexibility index (Phi) is 6.98. The minimum Gasteiger partial charge on any atom is -0.504 e. The summed E-state index contributed by atoms with van der Waals surface area (Å²) in [4.78, 5) is 25.7. The number of benzene rings is 2. The van der Waals surface area contributed by atoms with Gasteiger partial charge >= 0.3 is 0 Å². The molecule has 1 aliphatic heterocycles. The fourth-order valence-electron chi connectivity index (χ4n) is 2.86. The van der Waals surface area contributed by atoms with Crippen LogP contribution in [0.4, 0.5) is 0 Å². The van der Waals surface area contributed by atoms with Crippen molar-refractivity contribution in [1.82, 2.24) is 10.4 Å². The van der Waals surface area contributed by atoms with Crippen molar-refractivity contribution < 1.29 is 24.2 Å². The Labute approximate surface area is 189 Å². The topological polar surface area (TPSA) is 88.1 Å². The van der Waals surface area contributed by atoms with Crippen LogP contribution >= 0.6 is 24.0 Å². The van der Waals surface area contributed by atoms with Crippen molar-refractivity contribution in [3.05, 3.63) is 70.6 Å². The first-order valence-electron chi connectivity index (χ1n) is 9.11. The Morgan fingerprint density at radius 3 is 2.58 bits per heavy atom. The van der Waals surface area contributed by atoms with Crippen LogP contribution in [0.15, 0.2) is 54.0 Å². The van der Waals surface area contributed by atoms with Crippen molar-refractivity contribution in [2.75, 3.05) is 14.2 Å². The first-order chi connectivity index (χ1) is 14.9. The third-order valence-electron chi connectivity index (χ3n) is 4.42. The molecule has 0 aliphatic carbocycles. The molecule has 1 fully saturated rings. The summed E-state index contributed by atoms with van der Waals surface area (Å²) in [7, 11) is 2.98. The largest absolute Gasteiger partial charge is 0.504 e. The monoisotopic (exact) mass is 456 g/mol. The highest BCUT2D eigenvalue weighted by Crippen LogP contribution is 2.36. The minimum atomic E-state index is -0.472. The molecule has 1 saturated heterocycles. The molecule has 0 radical (unpaired) electrons. The van der Waals surface area contributed by atoms with Crippen LogP contribution in [0.1, 0.15) is 21.5 Å². The number of ether oxygens (including phenoxy) is 2. The third kappa shape index (κ3) is 4.89. The van der Waals surface area contributed by atoms with Crippen molar-refractivity contribution in [2.24, 2.45) is 0 Å². The number of hydrazine groups is 1. The minimum absolute atomic E-state index is 0.0267. The van der Waals surface area contributed by atoms with Gasteiger partial charge in [0, 0.05) is 11.1 Å². The van der Waals surface area contributed by atoms with Gasteiger partial charge in [-0.05, 0) is 66.7 Å². The van der Waals surface area contributed by atoms with Crippen LogP contribution in [-0.4, -0.2) is 40.5 Å². The molecule has 1 aliphatic rings. The van der Waals surface area contributed by atoms with Gasteiger partial charge in [0.25, 0.3) is 11.8 Å². The number of methoxy groups -OCH3 is 2. The Morgan fingerprint density at radius 2 is 1.97 bits per heavy atom. The Balaban J connectivity index is 1.82. The second kappa shape index (κ2) is 9.67. The van der Waals surface area contributed by atoms with Crippen molar-refractivity contribution in [2.45, 2.75) is 6.42 Å². The SMILES string of the molecule is C=CCc1cc(/C=C2\SC(=S)N(NC(=O)c3ccc(OC)cc3)C2=O)cc(OC)c1O. The van der Waals surface area contributed by atoms with Gasteiger partial charge in [-0.3, -0.25) is 15.0 Å². The summed E-state index contributed by atoms with van der Waals surface area (Å²) < 4.78 is 10.5. The van der Waals surface area contributed by atoms with Crippen LogP contribution in [0.5, 0.6) is 17.2 Å². The third-order valence-corrected chi connectivity index (χ3v) is 5.72. The van der Waals surface area contributed by atoms with Gasteiger partial charge in [-0.2, -0.15) is 5.01 Å². The van der Waals surface area contributed by atoms with Crippen molar-refractivity contribution in [1.29, 1.82) is 0 Å². The number of carbonyl (C=O) groups excluding carboxylic acids is 2. The lowest BCUT2D eigenvalue weighted by molar-refractivity contribution is -0.123. The summed E-state index contributed by atoms with van der Waals surface area (Å²) in [6.45, 7) is 3.68. The van der Waals surface area contributed by atoms with E-state index in [4.69, 9.17) is 21.7 Å². The average Bonchev–Trinajstić information content (AvgIpc) is 3.03. The lowest BCUT2D eigenvalue weighted by Crippen LogP contribution is -2.44. The van der Waals surface area contributed by atoms with E-state index >= 15 is 0 Å². The molecule has 0 aromatic heterocycles. The number of rotatable bonds is 7. The number of phenols is 1. The Morgan fingerprint density at radius 1 is 1.26 bits per heavy atom. The van der Waals surface area contributed by atoms with Gasteiger partial charge < -0.3 is 14.6 Å². The first kappa shape index (κ1) is 22.4. The van der Waals surface area contributed by atoms with Crippen LogP contribution in [0.25, 0.3) is 6.08 Å². The van der Waals surface area contributed by atoms with E-state index in [1.807, 2.05) is 0 Å². The average molecular weight is 457 g/mol. The molecule has 160 valence electrons. The number of thiocarbonyl (C=S) groups is 1. The molecule has 2 aromatic rings. The zero-order chi connectivity index (χ0) is 22.5. The Bertz CT molecular complexity index is 1080. The van der Waals surface area contributed by atoms with E-state index in [1.165, 1.54) is 14.2 Å². The molecule has 0 unspecified atom stereocenters. The molecule has 9 heteroatoms. The summed E-state index contributed by atoms with van der Waals surface area (Å²) in [6.07, 6.45) is 3.72. The number of aromatic hydroxyl groups is 1. The quantitative estimate of drug-likeness (QED) is 0.373. The van der Waals surface area contributed by atoms with Crippen LogP contribution in [-0.2, 0) is 11.2 Å². The van der Waals surface area contributed by atoms with E-state index in [9.17, 15) is 14.7 Å². The van der Waals surface area contributed by atoms with Crippen LogP contribution in [0.3, 0.4) is 0 Å². The van der Waals surface area contributed by atoms with Gasteiger partial charge in [0.05, 0.1) is 19.1 Å². The molecular formula is C22H20N2O5S2. The highest BCUT2D eigenvalue weighted by molar-refractivity contribution is 8.26. The number of nitrogens with one attached hydrogen (secondary N) is 1. The molecule has 0 spiro atoms. The highest BCUT2D eigenvalue weighted by Gasteiger charge is 2.34.